The minimum absolute atomic E-state index is 0.00612. The average Bonchev–Trinajstić information content (AvgIpc) is 3.40. The van der Waals surface area contributed by atoms with Gasteiger partial charge in [-0.2, -0.15) is 9.29 Å². The summed E-state index contributed by atoms with van der Waals surface area (Å²) in [6.45, 7) is 3.74. The van der Waals surface area contributed by atoms with Gasteiger partial charge in [-0.1, -0.05) is 16.8 Å². The van der Waals surface area contributed by atoms with Crippen molar-refractivity contribution in [1.82, 2.24) is 19.3 Å². The highest BCUT2D eigenvalue weighted by atomic mass is 35.5. The average molecular weight is 439 g/mol. The van der Waals surface area contributed by atoms with Crippen molar-refractivity contribution in [3.05, 3.63) is 29.1 Å². The lowest BCUT2D eigenvalue weighted by atomic mass is 9.98. The first-order valence-electron chi connectivity index (χ1n) is 9.75. The maximum absolute atomic E-state index is 13.3. The molecular formula is C19H23ClN4O4S. The lowest BCUT2D eigenvalue weighted by molar-refractivity contribution is -0.135. The summed E-state index contributed by atoms with van der Waals surface area (Å²) in [5.74, 6) is 0.443. The van der Waals surface area contributed by atoms with Crippen molar-refractivity contribution < 1.29 is 17.7 Å². The van der Waals surface area contributed by atoms with Crippen LogP contribution in [0.25, 0.3) is 11.4 Å². The predicted octanol–water partition coefficient (Wildman–Crippen LogP) is 2.72. The Labute approximate surface area is 174 Å². The lowest BCUT2D eigenvalue weighted by Crippen LogP contribution is -2.46. The van der Waals surface area contributed by atoms with Gasteiger partial charge < -0.3 is 9.42 Å². The van der Waals surface area contributed by atoms with Gasteiger partial charge in [0.2, 0.25) is 27.6 Å². The second-order valence-corrected chi connectivity index (χ2v) is 9.83. The number of aryl methyl sites for hydroxylation is 1. The van der Waals surface area contributed by atoms with Crippen LogP contribution >= 0.6 is 11.6 Å². The highest BCUT2D eigenvalue weighted by Gasteiger charge is 2.36. The number of benzene rings is 1. The summed E-state index contributed by atoms with van der Waals surface area (Å²) in [6.07, 6.45) is 3.37. The Hall–Kier alpha value is -1.97. The molecule has 1 amide bonds. The third-order valence-corrected chi connectivity index (χ3v) is 7.83. The molecule has 0 radical (unpaired) electrons. The van der Waals surface area contributed by atoms with Crippen LogP contribution in [-0.4, -0.2) is 59.8 Å². The number of carbonyl (C=O) groups is 1. The molecule has 2 aliphatic rings. The Morgan fingerprint density at radius 2 is 1.97 bits per heavy atom. The van der Waals surface area contributed by atoms with Gasteiger partial charge in [0, 0.05) is 38.7 Å². The van der Waals surface area contributed by atoms with Crippen molar-refractivity contribution in [2.45, 2.75) is 37.5 Å². The first kappa shape index (κ1) is 20.3. The minimum Gasteiger partial charge on any atom is -0.342 e. The molecule has 2 saturated heterocycles. The maximum Gasteiger partial charge on any atom is 0.244 e. The Morgan fingerprint density at radius 1 is 1.21 bits per heavy atom. The number of carbonyl (C=O) groups excluding carboxylic acids is 1. The van der Waals surface area contributed by atoms with Crippen LogP contribution in [0.3, 0.4) is 0 Å². The first-order chi connectivity index (χ1) is 13.9. The topological polar surface area (TPSA) is 96.6 Å². The van der Waals surface area contributed by atoms with Crippen LogP contribution in [0.1, 0.15) is 31.6 Å². The number of sulfonamides is 1. The van der Waals surface area contributed by atoms with E-state index in [0.29, 0.717) is 36.7 Å². The highest BCUT2D eigenvalue weighted by molar-refractivity contribution is 7.89. The van der Waals surface area contributed by atoms with Crippen molar-refractivity contribution in [1.29, 1.82) is 0 Å². The fourth-order valence-electron chi connectivity index (χ4n) is 3.95. The Morgan fingerprint density at radius 3 is 2.66 bits per heavy atom. The van der Waals surface area contributed by atoms with Crippen LogP contribution in [0.5, 0.6) is 0 Å². The van der Waals surface area contributed by atoms with Gasteiger partial charge in [0.25, 0.3) is 0 Å². The monoisotopic (exact) mass is 438 g/mol. The summed E-state index contributed by atoms with van der Waals surface area (Å²) in [5, 5.41) is 3.97. The van der Waals surface area contributed by atoms with E-state index in [1.165, 1.54) is 16.4 Å². The molecule has 0 bridgehead atoms. The summed E-state index contributed by atoms with van der Waals surface area (Å²) in [4.78, 5) is 18.8. The quantitative estimate of drug-likeness (QED) is 0.728. The predicted molar refractivity (Wildman–Crippen MR) is 107 cm³/mol. The summed E-state index contributed by atoms with van der Waals surface area (Å²) in [7, 11) is -3.86. The molecule has 2 fully saturated rings. The molecule has 2 aliphatic heterocycles. The van der Waals surface area contributed by atoms with Crippen LogP contribution < -0.4 is 0 Å². The second-order valence-electron chi connectivity index (χ2n) is 7.52. The fraction of sp³-hybridized carbons (Fsp3) is 0.526. The molecule has 4 rings (SSSR count). The van der Waals surface area contributed by atoms with Gasteiger partial charge in [-0.3, -0.25) is 4.79 Å². The maximum atomic E-state index is 13.3. The first-order valence-corrected chi connectivity index (χ1v) is 11.6. The molecule has 1 aromatic heterocycles. The van der Waals surface area contributed by atoms with Gasteiger partial charge in [-0.05, 0) is 43.9 Å². The van der Waals surface area contributed by atoms with Crippen molar-refractivity contribution in [3.63, 3.8) is 0 Å². The summed E-state index contributed by atoms with van der Waals surface area (Å²) >= 11 is 6.25. The summed E-state index contributed by atoms with van der Waals surface area (Å²) in [6, 6.07) is 4.64. The molecule has 156 valence electrons. The summed E-state index contributed by atoms with van der Waals surface area (Å²) in [5.41, 5.74) is 0.506. The molecule has 1 unspecified atom stereocenters. The molecule has 1 aromatic carbocycles. The van der Waals surface area contributed by atoms with Crippen molar-refractivity contribution in [3.8, 4) is 11.4 Å². The van der Waals surface area contributed by atoms with Gasteiger partial charge >= 0.3 is 0 Å². The van der Waals surface area contributed by atoms with Gasteiger partial charge in [0.1, 0.15) is 4.90 Å². The molecule has 10 heteroatoms. The molecule has 0 saturated carbocycles. The van der Waals surface area contributed by atoms with E-state index in [0.717, 1.165) is 25.9 Å². The molecule has 29 heavy (non-hydrogen) atoms. The van der Waals surface area contributed by atoms with E-state index in [4.69, 9.17) is 16.1 Å². The highest BCUT2D eigenvalue weighted by Crippen LogP contribution is 2.32. The van der Waals surface area contributed by atoms with Crippen molar-refractivity contribution in [2.24, 2.45) is 5.92 Å². The van der Waals surface area contributed by atoms with Crippen LogP contribution in [0, 0.1) is 12.8 Å². The Kier molecular flexibility index (Phi) is 5.63. The normalized spacial score (nSPS) is 20.9. The number of halogens is 1. The SMILES string of the molecule is Cc1nc(-c2ccc(Cl)c(S(=O)(=O)N3CCCC(C(=O)N4CCCC4)C3)c2)no1. The molecule has 1 atom stereocenters. The number of amides is 1. The zero-order chi connectivity index (χ0) is 20.6. The van der Waals surface area contributed by atoms with E-state index in [1.807, 2.05) is 4.90 Å². The molecule has 8 nitrogen and oxygen atoms in total. The zero-order valence-electron chi connectivity index (χ0n) is 16.2. The van der Waals surface area contributed by atoms with E-state index in [9.17, 15) is 13.2 Å². The number of rotatable bonds is 4. The Bertz CT molecular complexity index is 1020. The molecule has 0 N–H and O–H groups in total. The van der Waals surface area contributed by atoms with Gasteiger partial charge in [0.15, 0.2) is 0 Å². The third-order valence-electron chi connectivity index (χ3n) is 5.49. The standard InChI is InChI=1S/C19H23ClN4O4S/c1-13-21-18(22-28-13)14-6-7-16(20)17(11-14)29(26,27)24-10-4-5-15(12-24)19(25)23-8-2-3-9-23/h6-7,11,15H,2-5,8-10,12H2,1H3. The molecule has 0 aliphatic carbocycles. The van der Waals surface area contributed by atoms with E-state index in [2.05, 4.69) is 10.1 Å². The van der Waals surface area contributed by atoms with E-state index >= 15 is 0 Å². The van der Waals surface area contributed by atoms with Crippen LogP contribution in [0.4, 0.5) is 0 Å². The van der Waals surface area contributed by atoms with Gasteiger partial charge in [-0.25, -0.2) is 8.42 Å². The van der Waals surface area contributed by atoms with Crippen LogP contribution in [0.2, 0.25) is 5.02 Å². The van der Waals surface area contributed by atoms with Crippen LogP contribution in [-0.2, 0) is 14.8 Å². The third kappa shape index (κ3) is 4.04. The molecule has 2 aromatic rings. The fourth-order valence-corrected chi connectivity index (χ4v) is 5.98. The number of likely N-dealkylation sites (tertiary alicyclic amines) is 1. The second kappa shape index (κ2) is 8.04. The van der Waals surface area contributed by atoms with Crippen LogP contribution in [0.15, 0.2) is 27.6 Å². The lowest BCUT2D eigenvalue weighted by Gasteiger charge is -2.33. The van der Waals surface area contributed by atoms with Crippen molar-refractivity contribution in [2.75, 3.05) is 26.2 Å². The smallest absolute Gasteiger partial charge is 0.244 e. The number of aromatic nitrogens is 2. The number of hydrogen-bond acceptors (Lipinski definition) is 6. The van der Waals surface area contributed by atoms with Gasteiger partial charge in [0.05, 0.1) is 10.9 Å². The largest absolute Gasteiger partial charge is 0.342 e. The molecule has 0 spiro atoms. The zero-order valence-corrected chi connectivity index (χ0v) is 17.7. The number of nitrogens with zero attached hydrogens (tertiary/aromatic N) is 4. The minimum atomic E-state index is -3.86. The van der Waals surface area contributed by atoms with E-state index < -0.39 is 10.0 Å². The Balaban J connectivity index is 1.59. The van der Waals surface area contributed by atoms with E-state index in [1.54, 1.807) is 13.0 Å². The van der Waals surface area contributed by atoms with E-state index in [-0.39, 0.29) is 28.3 Å². The molecule has 3 heterocycles. The van der Waals surface area contributed by atoms with Gasteiger partial charge in [-0.15, -0.1) is 0 Å². The number of hydrogen-bond donors (Lipinski definition) is 0. The molecular weight excluding hydrogens is 416 g/mol. The summed E-state index contributed by atoms with van der Waals surface area (Å²) < 4.78 is 33.0. The number of piperidine rings is 1. The van der Waals surface area contributed by atoms with Crippen molar-refractivity contribution >= 4 is 27.5 Å².